The van der Waals surface area contributed by atoms with Gasteiger partial charge in [0.25, 0.3) is 0 Å². The second kappa shape index (κ2) is 7.87. The molecule has 1 saturated heterocycles. The van der Waals surface area contributed by atoms with Gasteiger partial charge in [-0.3, -0.25) is 4.79 Å². The highest BCUT2D eigenvalue weighted by molar-refractivity contribution is 5.75. The molecule has 1 aliphatic rings. The van der Waals surface area contributed by atoms with E-state index >= 15 is 0 Å². The number of nitrogens with zero attached hydrogens (tertiary/aromatic N) is 3. The molecule has 1 fully saturated rings. The molecule has 0 radical (unpaired) electrons. The van der Waals surface area contributed by atoms with Crippen LogP contribution in [-0.4, -0.2) is 33.4 Å². The summed E-state index contributed by atoms with van der Waals surface area (Å²) in [6.07, 6.45) is 7.01. The molecular formula is C17H22N4O2. The zero-order chi connectivity index (χ0) is 15.9. The van der Waals surface area contributed by atoms with Crippen molar-refractivity contribution >= 4 is 5.91 Å². The molecular weight excluding hydrogens is 292 g/mol. The van der Waals surface area contributed by atoms with Gasteiger partial charge in [0.1, 0.15) is 12.7 Å². The van der Waals surface area contributed by atoms with Crippen molar-refractivity contribution in [1.82, 2.24) is 20.1 Å². The number of carbonyl (C=O) groups is 1. The van der Waals surface area contributed by atoms with Gasteiger partial charge in [0.05, 0.1) is 12.6 Å². The molecule has 0 bridgehead atoms. The zero-order valence-electron chi connectivity index (χ0n) is 13.1. The van der Waals surface area contributed by atoms with Gasteiger partial charge in [-0.25, -0.2) is 9.67 Å². The van der Waals surface area contributed by atoms with Crippen molar-refractivity contribution in [2.45, 2.75) is 44.9 Å². The van der Waals surface area contributed by atoms with Crippen LogP contribution in [0.15, 0.2) is 36.9 Å². The van der Waals surface area contributed by atoms with Gasteiger partial charge in [0, 0.05) is 19.6 Å². The Labute approximate surface area is 135 Å². The third kappa shape index (κ3) is 4.63. The Hall–Kier alpha value is -2.21. The first-order valence-electron chi connectivity index (χ1n) is 8.09. The lowest BCUT2D eigenvalue weighted by Gasteiger charge is -2.12. The van der Waals surface area contributed by atoms with Crippen LogP contribution in [0.3, 0.4) is 0 Å². The summed E-state index contributed by atoms with van der Waals surface area (Å²) in [5.41, 5.74) is 2.24. The van der Waals surface area contributed by atoms with E-state index < -0.39 is 0 Å². The molecule has 0 unspecified atom stereocenters. The van der Waals surface area contributed by atoms with E-state index in [2.05, 4.69) is 21.5 Å². The zero-order valence-corrected chi connectivity index (χ0v) is 13.1. The third-order valence-corrected chi connectivity index (χ3v) is 4.11. The monoisotopic (exact) mass is 314 g/mol. The standard InChI is InChI=1S/C17H22N4O2/c22-17(8-7-16-6-3-9-23-16)19-10-14-4-1-2-5-15(14)11-21-13-18-12-20-21/h1-2,4-5,12-13,16H,3,6-11H2,(H,19,22)/t16-/m0/s1. The van der Waals surface area contributed by atoms with Crippen LogP contribution < -0.4 is 5.32 Å². The summed E-state index contributed by atoms with van der Waals surface area (Å²) in [7, 11) is 0. The number of ether oxygens (including phenoxy) is 1. The molecule has 2 heterocycles. The first kappa shape index (κ1) is 15.7. The highest BCUT2D eigenvalue weighted by atomic mass is 16.5. The van der Waals surface area contributed by atoms with E-state index in [-0.39, 0.29) is 12.0 Å². The van der Waals surface area contributed by atoms with Crippen molar-refractivity contribution < 1.29 is 9.53 Å². The maximum Gasteiger partial charge on any atom is 0.220 e. The molecule has 1 aliphatic heterocycles. The second-order valence-electron chi connectivity index (χ2n) is 5.81. The largest absolute Gasteiger partial charge is 0.378 e. The van der Waals surface area contributed by atoms with Gasteiger partial charge < -0.3 is 10.1 Å². The topological polar surface area (TPSA) is 69.0 Å². The van der Waals surface area contributed by atoms with Crippen LogP contribution in [0.2, 0.25) is 0 Å². The van der Waals surface area contributed by atoms with Crippen molar-refractivity contribution in [3.63, 3.8) is 0 Å². The van der Waals surface area contributed by atoms with Crippen LogP contribution >= 0.6 is 0 Å². The van der Waals surface area contributed by atoms with Crippen molar-refractivity contribution in [3.8, 4) is 0 Å². The van der Waals surface area contributed by atoms with E-state index in [4.69, 9.17) is 4.74 Å². The smallest absolute Gasteiger partial charge is 0.220 e. The average molecular weight is 314 g/mol. The molecule has 1 aromatic carbocycles. The lowest BCUT2D eigenvalue weighted by Crippen LogP contribution is -2.24. The van der Waals surface area contributed by atoms with Crippen LogP contribution in [0.1, 0.15) is 36.8 Å². The van der Waals surface area contributed by atoms with Crippen LogP contribution in [0.4, 0.5) is 0 Å². The molecule has 122 valence electrons. The number of hydrogen-bond donors (Lipinski definition) is 1. The Morgan fingerprint density at radius 2 is 2.22 bits per heavy atom. The maximum atomic E-state index is 12.0. The van der Waals surface area contributed by atoms with E-state index in [1.807, 2.05) is 18.2 Å². The lowest BCUT2D eigenvalue weighted by molar-refractivity contribution is -0.121. The molecule has 0 spiro atoms. The fourth-order valence-electron chi connectivity index (χ4n) is 2.82. The summed E-state index contributed by atoms with van der Waals surface area (Å²) in [4.78, 5) is 16.0. The molecule has 1 amide bonds. The quantitative estimate of drug-likeness (QED) is 0.847. The normalized spacial score (nSPS) is 17.3. The van der Waals surface area contributed by atoms with Crippen LogP contribution in [-0.2, 0) is 22.6 Å². The number of aromatic nitrogens is 3. The number of benzene rings is 1. The minimum absolute atomic E-state index is 0.0797. The van der Waals surface area contributed by atoms with Gasteiger partial charge in [-0.15, -0.1) is 0 Å². The van der Waals surface area contributed by atoms with Crippen molar-refractivity contribution in [3.05, 3.63) is 48.0 Å². The molecule has 2 aromatic rings. The summed E-state index contributed by atoms with van der Waals surface area (Å²) in [5.74, 6) is 0.0797. The summed E-state index contributed by atoms with van der Waals surface area (Å²) < 4.78 is 7.32. The van der Waals surface area contributed by atoms with Crippen molar-refractivity contribution in [2.75, 3.05) is 6.61 Å². The molecule has 1 aromatic heterocycles. The minimum Gasteiger partial charge on any atom is -0.378 e. The predicted molar refractivity (Wildman–Crippen MR) is 85.6 cm³/mol. The third-order valence-electron chi connectivity index (χ3n) is 4.11. The highest BCUT2D eigenvalue weighted by Crippen LogP contribution is 2.16. The van der Waals surface area contributed by atoms with Gasteiger partial charge in [-0.2, -0.15) is 5.10 Å². The summed E-state index contributed by atoms with van der Waals surface area (Å²) in [5, 5.41) is 7.13. The van der Waals surface area contributed by atoms with E-state index in [1.54, 1.807) is 11.0 Å². The van der Waals surface area contributed by atoms with Crippen LogP contribution in [0.25, 0.3) is 0 Å². The fraction of sp³-hybridized carbons (Fsp3) is 0.471. The van der Waals surface area contributed by atoms with Crippen molar-refractivity contribution in [2.24, 2.45) is 0 Å². The van der Waals surface area contributed by atoms with E-state index in [9.17, 15) is 4.79 Å². The Morgan fingerprint density at radius 3 is 2.96 bits per heavy atom. The number of carbonyl (C=O) groups excluding carboxylic acids is 1. The molecule has 23 heavy (non-hydrogen) atoms. The molecule has 3 rings (SSSR count). The minimum atomic E-state index is 0.0797. The van der Waals surface area contributed by atoms with Crippen molar-refractivity contribution in [1.29, 1.82) is 0 Å². The van der Waals surface area contributed by atoms with Gasteiger partial charge >= 0.3 is 0 Å². The van der Waals surface area contributed by atoms with Crippen LogP contribution in [0, 0.1) is 0 Å². The fourth-order valence-corrected chi connectivity index (χ4v) is 2.82. The summed E-state index contributed by atoms with van der Waals surface area (Å²) in [6.45, 7) is 2.03. The first-order valence-corrected chi connectivity index (χ1v) is 8.09. The molecule has 1 N–H and O–H groups in total. The van der Waals surface area contributed by atoms with Gasteiger partial charge in [-0.1, -0.05) is 24.3 Å². The Balaban J connectivity index is 1.50. The number of amides is 1. The second-order valence-corrected chi connectivity index (χ2v) is 5.81. The summed E-state index contributed by atoms with van der Waals surface area (Å²) >= 11 is 0. The molecule has 0 saturated carbocycles. The Bertz CT molecular complexity index is 621. The van der Waals surface area contributed by atoms with Gasteiger partial charge in [-0.05, 0) is 30.4 Å². The SMILES string of the molecule is O=C(CC[C@@H]1CCCO1)NCc1ccccc1Cn1cncn1. The molecule has 0 aliphatic carbocycles. The van der Waals surface area contributed by atoms with Gasteiger partial charge in [0.2, 0.25) is 5.91 Å². The predicted octanol–water partition coefficient (Wildman–Crippen LogP) is 1.90. The highest BCUT2D eigenvalue weighted by Gasteiger charge is 2.16. The average Bonchev–Trinajstić information content (AvgIpc) is 3.25. The Kier molecular flexibility index (Phi) is 5.37. The molecule has 6 heteroatoms. The number of nitrogens with one attached hydrogen (secondary N) is 1. The summed E-state index contributed by atoms with van der Waals surface area (Å²) in [6, 6.07) is 8.07. The lowest BCUT2D eigenvalue weighted by atomic mass is 10.1. The first-order chi connectivity index (χ1) is 11.3. The number of hydrogen-bond acceptors (Lipinski definition) is 4. The molecule has 6 nitrogen and oxygen atoms in total. The van der Waals surface area contributed by atoms with Gasteiger partial charge in [0.15, 0.2) is 0 Å². The maximum absolute atomic E-state index is 12.0. The van der Waals surface area contributed by atoms with Crippen LogP contribution in [0.5, 0.6) is 0 Å². The van der Waals surface area contributed by atoms with E-state index in [0.29, 0.717) is 19.5 Å². The van der Waals surface area contributed by atoms with E-state index in [0.717, 1.165) is 37.0 Å². The molecule has 1 atom stereocenters. The van der Waals surface area contributed by atoms with E-state index in [1.165, 1.54) is 6.33 Å². The Morgan fingerprint density at radius 1 is 1.35 bits per heavy atom. The number of rotatable bonds is 7.